The molecule has 1 amide bonds. The number of amides is 1. The van der Waals surface area contributed by atoms with Crippen molar-refractivity contribution in [2.45, 2.75) is 20.8 Å². The van der Waals surface area contributed by atoms with Crippen molar-refractivity contribution >= 4 is 17.5 Å². The van der Waals surface area contributed by atoms with Crippen LogP contribution >= 0.6 is 0 Å². The van der Waals surface area contributed by atoms with Crippen LogP contribution in [0.5, 0.6) is 0 Å². The van der Waals surface area contributed by atoms with Crippen molar-refractivity contribution in [3.63, 3.8) is 0 Å². The number of aryl methyl sites for hydroxylation is 3. The van der Waals surface area contributed by atoms with E-state index >= 15 is 0 Å². The molecule has 1 fully saturated rings. The monoisotopic (exact) mass is 369 g/mol. The molecule has 0 radical (unpaired) electrons. The summed E-state index contributed by atoms with van der Waals surface area (Å²) in [7, 11) is 0. The molecule has 0 aliphatic carbocycles. The van der Waals surface area contributed by atoms with Crippen molar-refractivity contribution in [3.05, 3.63) is 46.8 Å². The van der Waals surface area contributed by atoms with E-state index in [0.717, 1.165) is 54.9 Å². The normalized spacial score (nSPS) is 14.1. The Bertz CT molecular complexity index is 783. The molecule has 0 unspecified atom stereocenters. The van der Waals surface area contributed by atoms with Gasteiger partial charge >= 0.3 is 0 Å². The number of aromatic nitrogens is 2. The average molecular weight is 369 g/mol. The highest BCUT2D eigenvalue weighted by Crippen LogP contribution is 2.17. The fourth-order valence-electron chi connectivity index (χ4n) is 3.17. The van der Waals surface area contributed by atoms with E-state index in [0.29, 0.717) is 18.7 Å². The van der Waals surface area contributed by atoms with Gasteiger partial charge < -0.3 is 20.3 Å². The zero-order chi connectivity index (χ0) is 19.2. The first-order valence-electron chi connectivity index (χ1n) is 9.30. The maximum Gasteiger partial charge on any atom is 0.251 e. The van der Waals surface area contributed by atoms with E-state index in [9.17, 15) is 4.79 Å². The van der Waals surface area contributed by atoms with Crippen LogP contribution in [0.1, 0.15) is 27.3 Å². The number of hydrogen-bond acceptors (Lipinski definition) is 6. The van der Waals surface area contributed by atoms with E-state index < -0.39 is 0 Å². The van der Waals surface area contributed by atoms with E-state index in [1.165, 1.54) is 0 Å². The fourth-order valence-corrected chi connectivity index (χ4v) is 3.17. The van der Waals surface area contributed by atoms with E-state index in [-0.39, 0.29) is 5.91 Å². The van der Waals surface area contributed by atoms with Crippen LogP contribution in [0.2, 0.25) is 0 Å². The van der Waals surface area contributed by atoms with Crippen LogP contribution < -0.4 is 15.5 Å². The summed E-state index contributed by atoms with van der Waals surface area (Å²) >= 11 is 0. The molecule has 2 heterocycles. The Balaban J connectivity index is 1.52. The number of ether oxygens (including phenoxy) is 1. The number of nitrogens with one attached hydrogen (secondary N) is 2. The summed E-state index contributed by atoms with van der Waals surface area (Å²) < 4.78 is 5.39. The van der Waals surface area contributed by atoms with Gasteiger partial charge in [-0.05, 0) is 32.9 Å². The topological polar surface area (TPSA) is 79.4 Å². The van der Waals surface area contributed by atoms with E-state index in [1.807, 2.05) is 39.0 Å². The second kappa shape index (κ2) is 8.81. The van der Waals surface area contributed by atoms with Crippen molar-refractivity contribution in [1.29, 1.82) is 0 Å². The maximum atomic E-state index is 12.3. The van der Waals surface area contributed by atoms with Gasteiger partial charge in [-0.1, -0.05) is 17.2 Å². The summed E-state index contributed by atoms with van der Waals surface area (Å²) in [6, 6.07) is 7.81. The van der Waals surface area contributed by atoms with Gasteiger partial charge in [-0.15, -0.1) is 0 Å². The van der Waals surface area contributed by atoms with E-state index in [2.05, 4.69) is 31.6 Å². The number of benzene rings is 1. The molecule has 7 heteroatoms. The summed E-state index contributed by atoms with van der Waals surface area (Å²) in [5.74, 6) is 2.34. The number of hydrogen-bond donors (Lipinski definition) is 2. The molecule has 1 aromatic heterocycles. The van der Waals surface area contributed by atoms with Crippen molar-refractivity contribution in [3.8, 4) is 0 Å². The lowest BCUT2D eigenvalue weighted by molar-refractivity contribution is 0.0955. The molecule has 3 rings (SSSR count). The second-order valence-corrected chi connectivity index (χ2v) is 6.82. The molecule has 1 saturated heterocycles. The predicted octanol–water partition coefficient (Wildman–Crippen LogP) is 2.08. The standard InChI is InChI=1S/C20H27N5O2/c1-14-10-15(2)12-17(11-14)20(26)22-5-4-21-18-13-19(24-16(3)23-18)25-6-8-27-9-7-25/h10-13H,4-9H2,1-3H3,(H,22,26)(H,21,23,24). The SMILES string of the molecule is Cc1cc(C)cc(C(=O)NCCNc2cc(N3CCOCC3)nc(C)n2)c1. The van der Waals surface area contributed by atoms with Crippen LogP contribution in [0, 0.1) is 20.8 Å². The van der Waals surface area contributed by atoms with Crippen LogP contribution in [-0.2, 0) is 4.74 Å². The smallest absolute Gasteiger partial charge is 0.251 e. The van der Waals surface area contributed by atoms with E-state index in [4.69, 9.17) is 4.74 Å². The first kappa shape index (κ1) is 19.1. The van der Waals surface area contributed by atoms with Gasteiger partial charge in [0.05, 0.1) is 13.2 Å². The quantitative estimate of drug-likeness (QED) is 0.759. The van der Waals surface area contributed by atoms with Crippen molar-refractivity contribution in [1.82, 2.24) is 15.3 Å². The molecule has 0 saturated carbocycles. The van der Waals surface area contributed by atoms with Gasteiger partial charge in [0.2, 0.25) is 0 Å². The van der Waals surface area contributed by atoms with Crippen molar-refractivity contribution in [2.75, 3.05) is 49.6 Å². The van der Waals surface area contributed by atoms with Gasteiger partial charge in [-0.2, -0.15) is 0 Å². The molecule has 27 heavy (non-hydrogen) atoms. The third kappa shape index (κ3) is 5.40. The number of rotatable bonds is 6. The molecule has 0 spiro atoms. The molecule has 1 aromatic carbocycles. The average Bonchev–Trinajstić information content (AvgIpc) is 2.64. The minimum absolute atomic E-state index is 0.0588. The van der Waals surface area contributed by atoms with E-state index in [1.54, 1.807) is 0 Å². The number of carbonyl (C=O) groups excluding carboxylic acids is 1. The molecule has 7 nitrogen and oxygen atoms in total. The maximum absolute atomic E-state index is 12.3. The Hall–Kier alpha value is -2.67. The first-order chi connectivity index (χ1) is 13.0. The lowest BCUT2D eigenvalue weighted by atomic mass is 10.1. The summed E-state index contributed by atoms with van der Waals surface area (Å²) in [5.41, 5.74) is 2.87. The summed E-state index contributed by atoms with van der Waals surface area (Å²) in [4.78, 5) is 23.4. The molecule has 1 aliphatic rings. The minimum atomic E-state index is -0.0588. The predicted molar refractivity (Wildman–Crippen MR) is 107 cm³/mol. The largest absolute Gasteiger partial charge is 0.378 e. The van der Waals surface area contributed by atoms with Gasteiger partial charge in [0.1, 0.15) is 17.5 Å². The highest BCUT2D eigenvalue weighted by molar-refractivity contribution is 5.94. The number of anilines is 2. The molecular formula is C20H27N5O2. The lowest BCUT2D eigenvalue weighted by Gasteiger charge is -2.28. The number of morpholine rings is 1. The molecular weight excluding hydrogens is 342 g/mol. The summed E-state index contributed by atoms with van der Waals surface area (Å²) in [5, 5.41) is 6.22. The van der Waals surface area contributed by atoms with Gasteiger partial charge in [-0.3, -0.25) is 4.79 Å². The summed E-state index contributed by atoms with van der Waals surface area (Å²) in [6.07, 6.45) is 0. The third-order valence-corrected chi connectivity index (χ3v) is 4.36. The third-order valence-electron chi connectivity index (χ3n) is 4.36. The fraction of sp³-hybridized carbons (Fsp3) is 0.450. The molecule has 0 atom stereocenters. The minimum Gasteiger partial charge on any atom is -0.378 e. The first-order valence-corrected chi connectivity index (χ1v) is 9.30. The number of nitrogens with zero attached hydrogens (tertiary/aromatic N) is 3. The Kier molecular flexibility index (Phi) is 6.24. The molecule has 2 aromatic rings. The molecule has 2 N–H and O–H groups in total. The van der Waals surface area contributed by atoms with Crippen LogP contribution in [0.15, 0.2) is 24.3 Å². The number of carbonyl (C=O) groups is 1. The van der Waals surface area contributed by atoms with Crippen molar-refractivity contribution < 1.29 is 9.53 Å². The highest BCUT2D eigenvalue weighted by atomic mass is 16.5. The lowest BCUT2D eigenvalue weighted by Crippen LogP contribution is -2.37. The van der Waals surface area contributed by atoms with Crippen LogP contribution in [0.4, 0.5) is 11.6 Å². The Labute approximate surface area is 160 Å². The second-order valence-electron chi connectivity index (χ2n) is 6.82. The Morgan fingerprint density at radius 3 is 2.44 bits per heavy atom. The molecule has 144 valence electrons. The van der Waals surface area contributed by atoms with Crippen LogP contribution in [0.25, 0.3) is 0 Å². The van der Waals surface area contributed by atoms with Crippen LogP contribution in [0.3, 0.4) is 0 Å². The Morgan fingerprint density at radius 1 is 1.04 bits per heavy atom. The van der Waals surface area contributed by atoms with Gasteiger partial charge in [0, 0.05) is 37.8 Å². The van der Waals surface area contributed by atoms with Gasteiger partial charge in [0.25, 0.3) is 5.91 Å². The van der Waals surface area contributed by atoms with Gasteiger partial charge in [-0.25, -0.2) is 9.97 Å². The van der Waals surface area contributed by atoms with Gasteiger partial charge in [0.15, 0.2) is 0 Å². The van der Waals surface area contributed by atoms with Crippen LogP contribution in [-0.4, -0.2) is 55.3 Å². The summed E-state index contributed by atoms with van der Waals surface area (Å²) in [6.45, 7) is 10.1. The van der Waals surface area contributed by atoms with Crippen molar-refractivity contribution in [2.24, 2.45) is 0 Å². The molecule has 1 aliphatic heterocycles. The zero-order valence-electron chi connectivity index (χ0n) is 16.2. The highest BCUT2D eigenvalue weighted by Gasteiger charge is 2.14. The Morgan fingerprint density at radius 2 is 1.74 bits per heavy atom. The molecule has 0 bridgehead atoms. The zero-order valence-corrected chi connectivity index (χ0v) is 16.2.